The topological polar surface area (TPSA) is 56.8 Å². The molecule has 3 rings (SSSR count). The minimum absolute atomic E-state index is 0.136. The van der Waals surface area contributed by atoms with Crippen LogP contribution in [0.5, 0.6) is 0 Å². The van der Waals surface area contributed by atoms with Crippen LogP contribution in [0, 0.1) is 5.92 Å². The number of carbonyl (C=O) groups is 1. The molecule has 3 aliphatic rings. The van der Waals surface area contributed by atoms with Crippen molar-refractivity contribution in [3.63, 3.8) is 0 Å². The number of hydrogen-bond acceptors (Lipinski definition) is 5. The van der Waals surface area contributed by atoms with E-state index in [0.717, 1.165) is 51.8 Å². The largest absolute Gasteiger partial charge is 0.378 e. The highest BCUT2D eigenvalue weighted by molar-refractivity contribution is 5.81. The van der Waals surface area contributed by atoms with E-state index >= 15 is 0 Å². The molecule has 3 aliphatic heterocycles. The third-order valence-electron chi connectivity index (χ3n) is 5.00. The molecule has 0 bridgehead atoms. The van der Waals surface area contributed by atoms with Crippen molar-refractivity contribution in [1.82, 2.24) is 5.32 Å². The van der Waals surface area contributed by atoms with E-state index in [2.05, 4.69) is 5.32 Å². The number of rotatable bonds is 5. The van der Waals surface area contributed by atoms with E-state index in [-0.39, 0.29) is 11.5 Å². The van der Waals surface area contributed by atoms with Crippen LogP contribution in [-0.4, -0.2) is 57.0 Å². The lowest BCUT2D eigenvalue weighted by Gasteiger charge is -2.36. The summed E-state index contributed by atoms with van der Waals surface area (Å²) in [5, 5.41) is 3.32. The van der Waals surface area contributed by atoms with Crippen LogP contribution in [0.25, 0.3) is 0 Å². The fraction of sp³-hybridized carbons (Fsp3) is 0.938. The van der Waals surface area contributed by atoms with Crippen molar-refractivity contribution in [2.24, 2.45) is 5.92 Å². The number of ketones is 1. The van der Waals surface area contributed by atoms with Gasteiger partial charge < -0.3 is 19.5 Å². The molecule has 5 heteroatoms. The monoisotopic (exact) mass is 297 g/mol. The van der Waals surface area contributed by atoms with Gasteiger partial charge in [0.2, 0.25) is 0 Å². The van der Waals surface area contributed by atoms with E-state index in [1.54, 1.807) is 0 Å². The molecule has 0 saturated carbocycles. The van der Waals surface area contributed by atoms with Crippen molar-refractivity contribution in [2.45, 2.75) is 50.2 Å². The van der Waals surface area contributed by atoms with Crippen molar-refractivity contribution >= 4 is 5.78 Å². The first-order valence-electron chi connectivity index (χ1n) is 8.34. The fourth-order valence-corrected chi connectivity index (χ4v) is 3.66. The lowest BCUT2D eigenvalue weighted by Crippen LogP contribution is -2.42. The molecule has 120 valence electrons. The number of piperidine rings is 1. The van der Waals surface area contributed by atoms with Gasteiger partial charge in [0.25, 0.3) is 0 Å². The number of Topliss-reactive ketones (excluding diaryl/α,β-unsaturated/α-hetero) is 1. The zero-order valence-corrected chi connectivity index (χ0v) is 12.8. The van der Waals surface area contributed by atoms with Gasteiger partial charge in [-0.15, -0.1) is 0 Å². The minimum Gasteiger partial charge on any atom is -0.378 e. The predicted molar refractivity (Wildman–Crippen MR) is 78.3 cm³/mol. The van der Waals surface area contributed by atoms with Gasteiger partial charge in [-0.25, -0.2) is 0 Å². The quantitative estimate of drug-likeness (QED) is 0.829. The Kier molecular flexibility index (Phi) is 5.27. The minimum atomic E-state index is -0.172. The zero-order chi connectivity index (χ0) is 14.5. The van der Waals surface area contributed by atoms with E-state index in [1.165, 1.54) is 0 Å². The van der Waals surface area contributed by atoms with Crippen molar-refractivity contribution in [2.75, 3.05) is 39.5 Å². The first kappa shape index (κ1) is 15.4. The van der Waals surface area contributed by atoms with Gasteiger partial charge in [0.05, 0.1) is 24.9 Å². The summed E-state index contributed by atoms with van der Waals surface area (Å²) in [6, 6.07) is 0. The van der Waals surface area contributed by atoms with Crippen LogP contribution >= 0.6 is 0 Å². The van der Waals surface area contributed by atoms with Crippen molar-refractivity contribution in [1.29, 1.82) is 0 Å². The zero-order valence-electron chi connectivity index (χ0n) is 12.8. The first-order valence-corrected chi connectivity index (χ1v) is 8.34. The molecule has 0 aliphatic carbocycles. The average Bonchev–Trinajstić information content (AvgIpc) is 2.96. The second-order valence-electron chi connectivity index (χ2n) is 6.56. The van der Waals surface area contributed by atoms with Gasteiger partial charge in [0.15, 0.2) is 0 Å². The molecule has 0 radical (unpaired) electrons. The van der Waals surface area contributed by atoms with Gasteiger partial charge in [-0.05, 0) is 38.8 Å². The van der Waals surface area contributed by atoms with Gasteiger partial charge in [0.1, 0.15) is 5.78 Å². The summed E-state index contributed by atoms with van der Waals surface area (Å²) < 4.78 is 17.2. The van der Waals surface area contributed by atoms with Crippen molar-refractivity contribution in [3.05, 3.63) is 0 Å². The summed E-state index contributed by atoms with van der Waals surface area (Å²) in [4.78, 5) is 12.4. The van der Waals surface area contributed by atoms with Gasteiger partial charge in [-0.2, -0.15) is 0 Å². The van der Waals surface area contributed by atoms with E-state index < -0.39 is 0 Å². The summed E-state index contributed by atoms with van der Waals surface area (Å²) in [7, 11) is 0. The standard InChI is InChI=1S/C16H27NO4/c18-15(4-8-20-14-1-6-17-7-2-14)13-3-9-21-16(11-13)5-10-19-12-16/h13-14,17H,1-12H2. The molecular weight excluding hydrogens is 270 g/mol. The lowest BCUT2D eigenvalue weighted by atomic mass is 9.82. The molecule has 21 heavy (non-hydrogen) atoms. The highest BCUT2D eigenvalue weighted by atomic mass is 16.6. The summed E-state index contributed by atoms with van der Waals surface area (Å²) in [6.07, 6.45) is 5.63. The lowest BCUT2D eigenvalue weighted by molar-refractivity contribution is -0.138. The van der Waals surface area contributed by atoms with E-state index in [4.69, 9.17) is 14.2 Å². The Morgan fingerprint density at radius 2 is 2.10 bits per heavy atom. The second-order valence-corrected chi connectivity index (χ2v) is 6.56. The summed E-state index contributed by atoms with van der Waals surface area (Å²) in [5.74, 6) is 0.482. The Balaban J connectivity index is 1.40. The number of nitrogens with one attached hydrogen (secondary N) is 1. The molecule has 3 fully saturated rings. The normalized spacial score (nSPS) is 34.4. The van der Waals surface area contributed by atoms with Crippen LogP contribution in [-0.2, 0) is 19.0 Å². The fourth-order valence-electron chi connectivity index (χ4n) is 3.66. The summed E-state index contributed by atoms with van der Waals surface area (Å²) in [6.45, 7) is 4.74. The Morgan fingerprint density at radius 1 is 1.24 bits per heavy atom. The molecule has 5 nitrogen and oxygen atoms in total. The molecule has 3 saturated heterocycles. The summed E-state index contributed by atoms with van der Waals surface area (Å²) in [5.41, 5.74) is -0.172. The maximum Gasteiger partial charge on any atom is 0.138 e. The van der Waals surface area contributed by atoms with Gasteiger partial charge >= 0.3 is 0 Å². The third kappa shape index (κ3) is 4.03. The van der Waals surface area contributed by atoms with Crippen molar-refractivity contribution < 1.29 is 19.0 Å². The molecule has 2 unspecified atom stereocenters. The van der Waals surface area contributed by atoms with Crippen LogP contribution in [0.15, 0.2) is 0 Å². The van der Waals surface area contributed by atoms with E-state index in [9.17, 15) is 4.79 Å². The summed E-state index contributed by atoms with van der Waals surface area (Å²) >= 11 is 0. The molecule has 3 heterocycles. The van der Waals surface area contributed by atoms with Crippen LogP contribution < -0.4 is 5.32 Å². The molecule has 2 atom stereocenters. The maximum absolute atomic E-state index is 12.4. The third-order valence-corrected chi connectivity index (χ3v) is 5.00. The van der Waals surface area contributed by atoms with Crippen LogP contribution in [0.2, 0.25) is 0 Å². The Bertz CT molecular complexity index is 348. The van der Waals surface area contributed by atoms with Crippen LogP contribution in [0.4, 0.5) is 0 Å². The molecular formula is C16H27NO4. The van der Waals surface area contributed by atoms with Crippen molar-refractivity contribution in [3.8, 4) is 0 Å². The number of carbonyl (C=O) groups excluding carboxylic acids is 1. The maximum atomic E-state index is 12.4. The molecule has 0 aromatic rings. The van der Waals surface area contributed by atoms with E-state index in [1.807, 2.05) is 0 Å². The molecule has 0 aromatic carbocycles. The molecule has 1 N–H and O–H groups in total. The SMILES string of the molecule is O=C(CCOC1CCNCC1)C1CCOC2(CCOC2)C1. The van der Waals surface area contributed by atoms with Gasteiger partial charge in [-0.1, -0.05) is 0 Å². The highest BCUT2D eigenvalue weighted by Crippen LogP contribution is 2.36. The average molecular weight is 297 g/mol. The smallest absolute Gasteiger partial charge is 0.138 e. The highest BCUT2D eigenvalue weighted by Gasteiger charge is 2.42. The number of ether oxygens (including phenoxy) is 3. The van der Waals surface area contributed by atoms with Crippen LogP contribution in [0.3, 0.4) is 0 Å². The molecule has 0 aromatic heterocycles. The number of hydrogen-bond donors (Lipinski definition) is 1. The van der Waals surface area contributed by atoms with E-state index in [0.29, 0.717) is 38.1 Å². The Hall–Kier alpha value is -0.490. The first-order chi connectivity index (χ1) is 10.3. The molecule has 1 spiro atoms. The Labute approximate surface area is 126 Å². The second kappa shape index (κ2) is 7.18. The Morgan fingerprint density at radius 3 is 2.86 bits per heavy atom. The van der Waals surface area contributed by atoms with Gasteiger partial charge in [0, 0.05) is 32.0 Å². The van der Waals surface area contributed by atoms with Crippen LogP contribution in [0.1, 0.15) is 38.5 Å². The van der Waals surface area contributed by atoms with Gasteiger partial charge in [-0.3, -0.25) is 4.79 Å². The predicted octanol–water partition coefficient (Wildman–Crippen LogP) is 1.30. The molecule has 0 amide bonds.